The molecule has 0 aliphatic carbocycles. The lowest BCUT2D eigenvalue weighted by atomic mass is 10.2. The van der Waals surface area contributed by atoms with E-state index in [0.717, 1.165) is 0 Å². The van der Waals surface area contributed by atoms with Gasteiger partial charge in [0.15, 0.2) is 0 Å². The van der Waals surface area contributed by atoms with Gasteiger partial charge in [0.25, 0.3) is 0 Å². The van der Waals surface area contributed by atoms with Crippen LogP contribution in [0.4, 0.5) is 0 Å². The number of halogens is 1. The molecule has 1 fully saturated rings. The molecule has 8 heteroatoms. The fourth-order valence-corrected chi connectivity index (χ4v) is 4.19. The summed E-state index contributed by atoms with van der Waals surface area (Å²) >= 11 is 0. The zero-order valence-corrected chi connectivity index (χ0v) is 13.6. The quantitative estimate of drug-likeness (QED) is 0.828. The zero-order valence-electron chi connectivity index (χ0n) is 12.0. The summed E-state index contributed by atoms with van der Waals surface area (Å²) < 4.78 is 32.0. The summed E-state index contributed by atoms with van der Waals surface area (Å²) in [5, 5.41) is 3.76. The molecule has 2 aromatic rings. The van der Waals surface area contributed by atoms with E-state index in [4.69, 9.17) is 4.42 Å². The van der Waals surface area contributed by atoms with Gasteiger partial charge in [-0.05, 0) is 31.2 Å². The van der Waals surface area contributed by atoms with Crippen molar-refractivity contribution in [3.05, 3.63) is 40.8 Å². The van der Waals surface area contributed by atoms with Gasteiger partial charge in [-0.2, -0.15) is 4.31 Å². The van der Waals surface area contributed by atoms with Crippen molar-refractivity contribution >= 4 is 33.4 Å². The Morgan fingerprint density at radius 3 is 2.77 bits per heavy atom. The second-order valence-corrected chi connectivity index (χ2v) is 7.01. The number of nitrogens with one attached hydrogen (secondary N) is 1. The number of fused-ring (bicyclic) bond motifs is 1. The largest absolute Gasteiger partial charge is 0.423 e. The standard InChI is InChI=1S/C14H16N2O4S.ClH/c1-10-9-15-6-7-16(10)21(18,19)12-3-4-13-11(8-12)2-5-14(17)20-13;/h2-5,8,10,15H,6-7,9H2,1H3;1H/t10-;/m0./s1. The van der Waals surface area contributed by atoms with Gasteiger partial charge in [0.05, 0.1) is 4.90 Å². The minimum Gasteiger partial charge on any atom is -0.423 e. The third-order valence-corrected chi connectivity index (χ3v) is 5.65. The molecule has 0 saturated carbocycles. The maximum absolute atomic E-state index is 12.7. The predicted octanol–water partition coefficient (Wildman–Crippen LogP) is 1.20. The number of sulfonamides is 1. The Balaban J connectivity index is 0.00000176. The Hall–Kier alpha value is -1.41. The van der Waals surface area contributed by atoms with Crippen LogP contribution in [-0.4, -0.2) is 38.4 Å². The van der Waals surface area contributed by atoms with Crippen molar-refractivity contribution < 1.29 is 12.8 Å². The fourth-order valence-electron chi connectivity index (χ4n) is 2.53. The molecular formula is C14H17ClN2O4S. The van der Waals surface area contributed by atoms with E-state index >= 15 is 0 Å². The first-order valence-electron chi connectivity index (χ1n) is 6.75. The topological polar surface area (TPSA) is 79.6 Å². The predicted molar refractivity (Wildman–Crippen MR) is 86.0 cm³/mol. The second-order valence-electron chi connectivity index (χ2n) is 5.12. The molecule has 6 nitrogen and oxygen atoms in total. The number of piperazine rings is 1. The lowest BCUT2D eigenvalue weighted by Gasteiger charge is -2.32. The SMILES string of the molecule is C[C@H]1CNCCN1S(=O)(=O)c1ccc2oc(=O)ccc2c1.Cl. The molecule has 0 unspecified atom stereocenters. The third-order valence-electron chi connectivity index (χ3n) is 3.64. The van der Waals surface area contributed by atoms with E-state index in [1.165, 1.54) is 22.5 Å². The van der Waals surface area contributed by atoms with Crippen LogP contribution in [-0.2, 0) is 10.0 Å². The third kappa shape index (κ3) is 3.03. The minimum absolute atomic E-state index is 0. The fraction of sp³-hybridized carbons (Fsp3) is 0.357. The van der Waals surface area contributed by atoms with E-state index < -0.39 is 15.6 Å². The number of rotatable bonds is 2. The first-order valence-corrected chi connectivity index (χ1v) is 8.19. The molecule has 120 valence electrons. The summed E-state index contributed by atoms with van der Waals surface area (Å²) in [4.78, 5) is 11.4. The normalized spacial score (nSPS) is 19.8. The molecule has 0 radical (unpaired) electrons. The van der Waals surface area contributed by atoms with Gasteiger partial charge in [-0.1, -0.05) is 0 Å². The van der Waals surface area contributed by atoms with E-state index in [0.29, 0.717) is 30.6 Å². The highest BCUT2D eigenvalue weighted by atomic mass is 35.5. The summed E-state index contributed by atoms with van der Waals surface area (Å²) in [5.74, 6) is 0. The highest BCUT2D eigenvalue weighted by Crippen LogP contribution is 2.23. The molecular weight excluding hydrogens is 328 g/mol. The first kappa shape index (κ1) is 17.0. The van der Waals surface area contributed by atoms with E-state index in [9.17, 15) is 13.2 Å². The monoisotopic (exact) mass is 344 g/mol. The second kappa shape index (κ2) is 6.37. The summed E-state index contributed by atoms with van der Waals surface area (Å²) in [7, 11) is -3.54. The highest BCUT2D eigenvalue weighted by Gasteiger charge is 2.30. The van der Waals surface area contributed by atoms with Crippen LogP contribution < -0.4 is 10.9 Å². The van der Waals surface area contributed by atoms with Crippen LogP contribution >= 0.6 is 12.4 Å². The molecule has 1 atom stereocenters. The Kier molecular flexibility index (Phi) is 4.91. The van der Waals surface area contributed by atoms with Crippen LogP contribution in [0.25, 0.3) is 11.0 Å². The molecule has 0 amide bonds. The van der Waals surface area contributed by atoms with Gasteiger partial charge >= 0.3 is 5.63 Å². The van der Waals surface area contributed by atoms with E-state index in [2.05, 4.69) is 5.32 Å². The maximum Gasteiger partial charge on any atom is 0.336 e. The Morgan fingerprint density at radius 1 is 1.27 bits per heavy atom. The van der Waals surface area contributed by atoms with Crippen molar-refractivity contribution in [3.8, 4) is 0 Å². The van der Waals surface area contributed by atoms with Gasteiger partial charge in [-0.25, -0.2) is 13.2 Å². The first-order chi connectivity index (χ1) is 9.98. The molecule has 2 heterocycles. The highest BCUT2D eigenvalue weighted by molar-refractivity contribution is 7.89. The molecule has 1 aromatic heterocycles. The Bertz CT molecular complexity index is 834. The van der Waals surface area contributed by atoms with Crippen LogP contribution in [0.5, 0.6) is 0 Å². The van der Waals surface area contributed by atoms with Gasteiger partial charge in [0, 0.05) is 37.1 Å². The molecule has 0 bridgehead atoms. The molecule has 22 heavy (non-hydrogen) atoms. The minimum atomic E-state index is -3.54. The summed E-state index contributed by atoms with van der Waals surface area (Å²) in [6.07, 6.45) is 0. The van der Waals surface area contributed by atoms with Gasteiger partial charge in [0.1, 0.15) is 5.58 Å². The summed E-state index contributed by atoms with van der Waals surface area (Å²) in [5.41, 5.74) is -0.0661. The molecule has 1 aliphatic heterocycles. The van der Waals surface area contributed by atoms with Crippen molar-refractivity contribution in [2.75, 3.05) is 19.6 Å². The van der Waals surface area contributed by atoms with Crippen molar-refractivity contribution in [3.63, 3.8) is 0 Å². The van der Waals surface area contributed by atoms with Gasteiger partial charge in [-0.3, -0.25) is 0 Å². The van der Waals surface area contributed by atoms with Crippen molar-refractivity contribution in [2.24, 2.45) is 0 Å². The van der Waals surface area contributed by atoms with Crippen molar-refractivity contribution in [1.82, 2.24) is 9.62 Å². The zero-order chi connectivity index (χ0) is 15.0. The lowest BCUT2D eigenvalue weighted by molar-refractivity contribution is 0.284. The van der Waals surface area contributed by atoms with Gasteiger partial charge in [0.2, 0.25) is 10.0 Å². The number of hydrogen-bond acceptors (Lipinski definition) is 5. The average Bonchev–Trinajstić information content (AvgIpc) is 2.47. The van der Waals surface area contributed by atoms with Crippen LogP contribution in [0, 0.1) is 0 Å². The van der Waals surface area contributed by atoms with Crippen LogP contribution in [0.3, 0.4) is 0 Å². The summed E-state index contributed by atoms with van der Waals surface area (Å²) in [6.45, 7) is 3.61. The number of benzene rings is 1. The summed E-state index contributed by atoms with van der Waals surface area (Å²) in [6, 6.07) is 7.31. The van der Waals surface area contributed by atoms with E-state index in [1.807, 2.05) is 6.92 Å². The number of hydrogen-bond donors (Lipinski definition) is 1. The molecule has 1 aliphatic rings. The maximum atomic E-state index is 12.7. The van der Waals surface area contributed by atoms with Gasteiger partial charge in [-0.15, -0.1) is 12.4 Å². The smallest absolute Gasteiger partial charge is 0.336 e. The van der Waals surface area contributed by atoms with Crippen LogP contribution in [0.1, 0.15) is 6.92 Å². The van der Waals surface area contributed by atoms with Crippen LogP contribution in [0.2, 0.25) is 0 Å². The van der Waals surface area contributed by atoms with Crippen molar-refractivity contribution in [2.45, 2.75) is 17.9 Å². The van der Waals surface area contributed by atoms with E-state index in [-0.39, 0.29) is 23.3 Å². The molecule has 1 saturated heterocycles. The van der Waals surface area contributed by atoms with E-state index in [1.54, 1.807) is 12.1 Å². The lowest BCUT2D eigenvalue weighted by Crippen LogP contribution is -2.52. The molecule has 0 spiro atoms. The van der Waals surface area contributed by atoms with Crippen molar-refractivity contribution in [1.29, 1.82) is 0 Å². The van der Waals surface area contributed by atoms with Crippen LogP contribution in [0.15, 0.2) is 44.4 Å². The Morgan fingerprint density at radius 2 is 2.05 bits per heavy atom. The average molecular weight is 345 g/mol. The molecule has 1 aromatic carbocycles. The molecule has 3 rings (SSSR count). The van der Waals surface area contributed by atoms with Gasteiger partial charge < -0.3 is 9.73 Å². The molecule has 1 N–H and O–H groups in total. The number of nitrogens with zero attached hydrogens (tertiary/aromatic N) is 1. The Labute approximate surface area is 134 Å².